The zero-order valence-corrected chi connectivity index (χ0v) is 21.2. The number of rotatable bonds is 6. The zero-order valence-electron chi connectivity index (χ0n) is 19.6. The van der Waals surface area contributed by atoms with E-state index in [4.69, 9.17) is 9.15 Å². The van der Waals surface area contributed by atoms with E-state index in [2.05, 4.69) is 41.5 Å². The first-order chi connectivity index (χ1) is 17.3. The van der Waals surface area contributed by atoms with Crippen LogP contribution in [0.3, 0.4) is 0 Å². The van der Waals surface area contributed by atoms with Crippen LogP contribution in [0.25, 0.3) is 22.6 Å². The average Bonchev–Trinajstić information content (AvgIpc) is 3.43. The van der Waals surface area contributed by atoms with Gasteiger partial charge in [-0.3, -0.25) is 9.59 Å². The number of nitrogens with one attached hydrogen (secondary N) is 1. The number of esters is 1. The fraction of sp³-hybridized carbons (Fsp3) is 0.261. The van der Waals surface area contributed by atoms with Crippen LogP contribution in [0.1, 0.15) is 31.1 Å². The Bertz CT molecular complexity index is 1480. The van der Waals surface area contributed by atoms with Crippen molar-refractivity contribution < 1.29 is 36.7 Å². The topological polar surface area (TPSA) is 121 Å². The number of halogens is 4. The molecule has 2 aromatic carbocycles. The summed E-state index contributed by atoms with van der Waals surface area (Å²) in [4.78, 5) is 24.8. The number of hydrogen-bond donors (Lipinski definition) is 1. The van der Waals surface area contributed by atoms with E-state index in [1.54, 1.807) is 39.0 Å². The summed E-state index contributed by atoms with van der Waals surface area (Å²) < 4.78 is 53.6. The number of alkyl halides is 3. The first kappa shape index (κ1) is 26.1. The molecule has 1 amide bonds. The van der Waals surface area contributed by atoms with E-state index in [1.807, 2.05) is 0 Å². The van der Waals surface area contributed by atoms with Crippen LogP contribution in [-0.4, -0.2) is 38.4 Å². The third kappa shape index (κ3) is 6.25. The van der Waals surface area contributed by atoms with E-state index in [1.165, 1.54) is 22.9 Å². The predicted octanol–water partition coefficient (Wildman–Crippen LogP) is 5.55. The predicted molar refractivity (Wildman–Crippen MR) is 127 cm³/mol. The molecule has 4 rings (SSSR count). The molecule has 0 fully saturated rings. The van der Waals surface area contributed by atoms with E-state index in [0.717, 1.165) is 6.07 Å². The number of furan rings is 1. The molecule has 0 saturated carbocycles. The van der Waals surface area contributed by atoms with Gasteiger partial charge in [-0.2, -0.15) is 4.68 Å². The smallest absolute Gasteiger partial charge is 0.453 e. The number of carbonyl (C=O) groups excluding carboxylic acids is 2. The van der Waals surface area contributed by atoms with E-state index < -0.39 is 29.4 Å². The van der Waals surface area contributed by atoms with Crippen molar-refractivity contribution in [3.8, 4) is 17.3 Å². The van der Waals surface area contributed by atoms with Crippen molar-refractivity contribution in [3.63, 3.8) is 0 Å². The van der Waals surface area contributed by atoms with E-state index in [9.17, 15) is 22.8 Å². The minimum Gasteiger partial charge on any atom is -0.453 e. The quantitative estimate of drug-likeness (QED) is 0.294. The van der Waals surface area contributed by atoms with Crippen molar-refractivity contribution >= 4 is 44.5 Å². The maximum atomic E-state index is 12.7. The van der Waals surface area contributed by atoms with Gasteiger partial charge in [-0.1, -0.05) is 6.07 Å². The van der Waals surface area contributed by atoms with Crippen molar-refractivity contribution in [2.45, 2.75) is 33.9 Å². The summed E-state index contributed by atoms with van der Waals surface area (Å²) in [5.74, 6) is -0.882. The molecule has 0 aliphatic heterocycles. The Kier molecular flexibility index (Phi) is 6.95. The highest BCUT2D eigenvalue weighted by atomic mass is 79.9. The van der Waals surface area contributed by atoms with Gasteiger partial charge in [0.05, 0.1) is 9.89 Å². The summed E-state index contributed by atoms with van der Waals surface area (Å²) in [6.45, 7) is 4.95. The normalized spacial score (nSPS) is 12.0. The molecule has 0 unspecified atom stereocenters. The largest absolute Gasteiger partial charge is 0.573 e. The van der Waals surface area contributed by atoms with Crippen LogP contribution < -0.4 is 10.1 Å². The number of fused-ring (bicyclic) bond motifs is 1. The third-order valence-electron chi connectivity index (χ3n) is 4.88. The second kappa shape index (κ2) is 9.84. The molecule has 2 aromatic heterocycles. The van der Waals surface area contributed by atoms with Crippen LogP contribution >= 0.6 is 15.9 Å². The number of tetrazole rings is 1. The lowest BCUT2D eigenvalue weighted by Gasteiger charge is -2.16. The van der Waals surface area contributed by atoms with Gasteiger partial charge in [-0.05, 0) is 83.5 Å². The number of nitrogens with zero attached hydrogens (tertiary/aromatic N) is 4. The van der Waals surface area contributed by atoms with Crippen LogP contribution in [0.15, 0.2) is 51.4 Å². The first-order valence-electron chi connectivity index (χ1n) is 10.6. The summed E-state index contributed by atoms with van der Waals surface area (Å²) in [6, 6.07) is 10.0. The van der Waals surface area contributed by atoms with Crippen LogP contribution in [0.5, 0.6) is 5.75 Å². The Balaban J connectivity index is 1.50. The fourth-order valence-electron chi connectivity index (χ4n) is 3.08. The molecular weight excluding hydrogens is 563 g/mol. The van der Waals surface area contributed by atoms with Crippen molar-refractivity contribution in [1.29, 1.82) is 0 Å². The zero-order chi connectivity index (χ0) is 27.0. The molecule has 4 aromatic rings. The van der Waals surface area contributed by atoms with Gasteiger partial charge < -0.3 is 19.2 Å². The molecular formula is C23H19BrF3N5O5. The van der Waals surface area contributed by atoms with Gasteiger partial charge in [0.25, 0.3) is 5.91 Å². The summed E-state index contributed by atoms with van der Waals surface area (Å²) in [6.07, 6.45) is -4.84. The monoisotopic (exact) mass is 581 g/mol. The van der Waals surface area contributed by atoms with Gasteiger partial charge in [0.1, 0.15) is 11.3 Å². The molecule has 0 spiro atoms. The van der Waals surface area contributed by atoms with Gasteiger partial charge in [0, 0.05) is 16.6 Å². The third-order valence-corrected chi connectivity index (χ3v) is 5.50. The van der Waals surface area contributed by atoms with Crippen molar-refractivity contribution in [3.05, 3.63) is 52.5 Å². The van der Waals surface area contributed by atoms with Gasteiger partial charge in [0.15, 0.2) is 12.5 Å². The Morgan fingerprint density at radius 3 is 2.54 bits per heavy atom. The molecule has 0 atom stereocenters. The first-order valence-corrected chi connectivity index (χ1v) is 11.4. The van der Waals surface area contributed by atoms with Crippen molar-refractivity contribution in [2.75, 3.05) is 5.32 Å². The number of benzene rings is 2. The lowest BCUT2D eigenvalue weighted by Crippen LogP contribution is -2.24. The van der Waals surface area contributed by atoms with Crippen molar-refractivity contribution in [2.24, 2.45) is 5.41 Å². The number of carbonyl (C=O) groups is 2. The molecule has 0 bridgehead atoms. The Hall–Kier alpha value is -3.94. The number of aromatic nitrogens is 4. The molecule has 194 valence electrons. The number of hydrogen-bond acceptors (Lipinski definition) is 8. The highest BCUT2D eigenvalue weighted by Gasteiger charge is 2.32. The molecule has 0 aliphatic carbocycles. The second-order valence-electron chi connectivity index (χ2n) is 8.82. The van der Waals surface area contributed by atoms with E-state index >= 15 is 0 Å². The van der Waals surface area contributed by atoms with Crippen LogP contribution in [-0.2, 0) is 16.3 Å². The average molecular weight is 582 g/mol. The van der Waals surface area contributed by atoms with E-state index in [0.29, 0.717) is 11.0 Å². The highest BCUT2D eigenvalue weighted by molar-refractivity contribution is 9.10. The molecule has 0 aliphatic rings. The Labute approximate surface area is 215 Å². The summed E-state index contributed by atoms with van der Waals surface area (Å²) >= 11 is 3.00. The summed E-state index contributed by atoms with van der Waals surface area (Å²) in [5, 5.41) is 14.6. The summed E-state index contributed by atoms with van der Waals surface area (Å²) in [5.41, 5.74) is 0.146. The SMILES string of the molecule is CC(C)(C)C(=O)OCn1nnnc1-c1cc2ccc(C(=O)Nc3ccc(OC(F)(F)F)c(Br)c3)cc2o1. The molecule has 37 heavy (non-hydrogen) atoms. The minimum atomic E-state index is -4.84. The highest BCUT2D eigenvalue weighted by Crippen LogP contribution is 2.33. The lowest BCUT2D eigenvalue weighted by atomic mass is 9.98. The van der Waals surface area contributed by atoms with E-state index in [-0.39, 0.29) is 34.0 Å². The number of anilines is 1. The Morgan fingerprint density at radius 1 is 1.11 bits per heavy atom. The Morgan fingerprint density at radius 2 is 1.86 bits per heavy atom. The lowest BCUT2D eigenvalue weighted by molar-refractivity contribution is -0.274. The van der Waals surface area contributed by atoms with Gasteiger partial charge in [-0.25, -0.2) is 0 Å². The van der Waals surface area contributed by atoms with Crippen LogP contribution in [0.2, 0.25) is 0 Å². The molecule has 1 N–H and O–H groups in total. The van der Waals surface area contributed by atoms with Crippen molar-refractivity contribution in [1.82, 2.24) is 20.2 Å². The number of ether oxygens (including phenoxy) is 2. The minimum absolute atomic E-state index is 0.0136. The van der Waals surface area contributed by atoms with Gasteiger partial charge in [-0.15, -0.1) is 18.3 Å². The molecule has 0 saturated heterocycles. The van der Waals surface area contributed by atoms with Crippen LogP contribution in [0, 0.1) is 5.41 Å². The maximum absolute atomic E-state index is 12.7. The maximum Gasteiger partial charge on any atom is 0.573 e. The summed E-state index contributed by atoms with van der Waals surface area (Å²) in [7, 11) is 0. The van der Waals surface area contributed by atoms with Crippen LogP contribution in [0.4, 0.5) is 18.9 Å². The molecule has 2 heterocycles. The molecule has 10 nitrogen and oxygen atoms in total. The fourth-order valence-corrected chi connectivity index (χ4v) is 3.54. The second-order valence-corrected chi connectivity index (χ2v) is 9.68. The number of amides is 1. The standard InChI is InChI=1S/C23H19BrF3N5O5/c1-22(2,3)21(34)35-11-32-19(29-30-31-32)18-8-12-4-5-13(9-17(12)36-18)20(33)28-14-6-7-16(15(24)10-14)37-23(25,26)27/h4-10H,11H2,1-3H3,(H,28,33). The van der Waals surface area contributed by atoms with Gasteiger partial charge >= 0.3 is 12.3 Å². The van der Waals surface area contributed by atoms with Gasteiger partial charge in [0.2, 0.25) is 5.82 Å². The molecule has 14 heteroatoms. The molecule has 0 radical (unpaired) electrons.